The molecule has 4 aromatic rings. The Labute approximate surface area is 234 Å². The summed E-state index contributed by atoms with van der Waals surface area (Å²) < 4.78 is 11.3. The van der Waals surface area contributed by atoms with Crippen LogP contribution in [0.1, 0.15) is 51.7 Å². The smallest absolute Gasteiger partial charge is 0.258 e. The van der Waals surface area contributed by atoms with Crippen LogP contribution in [0.15, 0.2) is 59.1 Å². The maximum Gasteiger partial charge on any atom is 0.258 e. The van der Waals surface area contributed by atoms with Gasteiger partial charge in [-0.05, 0) is 105 Å². The lowest BCUT2D eigenvalue weighted by molar-refractivity contribution is 0.0989. The van der Waals surface area contributed by atoms with Crippen molar-refractivity contribution in [3.8, 4) is 28.3 Å². The molecule has 0 N–H and O–H groups in total. The van der Waals surface area contributed by atoms with Crippen molar-refractivity contribution in [1.82, 2.24) is 15.0 Å². The molecule has 0 unspecified atom stereocenters. The van der Waals surface area contributed by atoms with Crippen LogP contribution in [-0.4, -0.2) is 54.2 Å². The Morgan fingerprint density at radius 2 is 1.73 bits per heavy atom. The van der Waals surface area contributed by atoms with Gasteiger partial charge < -0.3 is 19.1 Å². The summed E-state index contributed by atoms with van der Waals surface area (Å²) in [6.45, 7) is 7.61. The largest absolute Gasteiger partial charge is 0.493 e. The first-order chi connectivity index (χ1) is 19.4. The minimum atomic E-state index is 0.0551. The molecule has 0 saturated carbocycles. The van der Waals surface area contributed by atoms with Crippen LogP contribution >= 0.6 is 0 Å². The molecule has 0 aliphatic carbocycles. The predicted octanol–water partition coefficient (Wildman–Crippen LogP) is 6.04. The van der Waals surface area contributed by atoms with E-state index in [2.05, 4.69) is 53.3 Å². The molecule has 7 heteroatoms. The molecular weight excluding hydrogens is 500 g/mol. The second-order valence-corrected chi connectivity index (χ2v) is 11.5. The van der Waals surface area contributed by atoms with Gasteiger partial charge in [-0.1, -0.05) is 29.4 Å². The topological polar surface area (TPSA) is 71.7 Å². The second kappa shape index (κ2) is 9.89. The van der Waals surface area contributed by atoms with Crippen LogP contribution < -0.4 is 9.64 Å². The fraction of sp³-hybridized carbons (Fsp3) is 0.364. The van der Waals surface area contributed by atoms with Gasteiger partial charge in [0.05, 0.1) is 6.61 Å². The number of piperidine rings is 1. The second-order valence-electron chi connectivity index (χ2n) is 11.5. The monoisotopic (exact) mass is 534 g/mol. The Morgan fingerprint density at radius 1 is 0.950 bits per heavy atom. The van der Waals surface area contributed by atoms with Gasteiger partial charge in [-0.2, -0.15) is 4.98 Å². The number of aromatic nitrogens is 2. The van der Waals surface area contributed by atoms with E-state index in [0.29, 0.717) is 35.7 Å². The third-order valence-electron chi connectivity index (χ3n) is 8.96. The van der Waals surface area contributed by atoms with Gasteiger partial charge in [0.2, 0.25) is 11.7 Å². The maximum atomic E-state index is 13.7. The number of fused-ring (bicyclic) bond motifs is 2. The fourth-order valence-electron chi connectivity index (χ4n) is 6.64. The van der Waals surface area contributed by atoms with Crippen LogP contribution in [0.2, 0.25) is 0 Å². The molecule has 1 aromatic heterocycles. The van der Waals surface area contributed by atoms with Crippen molar-refractivity contribution in [2.45, 2.75) is 39.0 Å². The standard InChI is InChI=1S/C33H34N4O3/c1-20-16-26(32-34-21(2)40-35-32)8-9-27(20)22-4-6-24(7-5-22)33(38)37-15-12-25-17-31-28(18-30(25)37)29(19-39-31)23-10-13-36(3)14-11-23/h4-9,16-18,23,29H,10-15,19H2,1-3H3/t29-/m1/s1. The van der Waals surface area contributed by atoms with E-state index < -0.39 is 0 Å². The predicted molar refractivity (Wildman–Crippen MR) is 155 cm³/mol. The van der Waals surface area contributed by atoms with E-state index in [1.165, 1.54) is 24.0 Å². The average Bonchev–Trinajstić information content (AvgIpc) is 3.70. The normalized spacial score (nSPS) is 19.0. The Balaban J connectivity index is 1.11. The van der Waals surface area contributed by atoms with E-state index in [1.54, 1.807) is 6.92 Å². The van der Waals surface area contributed by atoms with Gasteiger partial charge in [-0.3, -0.25) is 4.79 Å². The number of aryl methyl sites for hydroxylation is 2. The molecule has 3 aliphatic rings. The van der Waals surface area contributed by atoms with E-state index >= 15 is 0 Å². The number of ether oxygens (including phenoxy) is 1. The van der Waals surface area contributed by atoms with Crippen LogP contribution in [0.4, 0.5) is 5.69 Å². The fourth-order valence-corrected chi connectivity index (χ4v) is 6.64. The summed E-state index contributed by atoms with van der Waals surface area (Å²) in [5, 5.41) is 4.03. The minimum absolute atomic E-state index is 0.0551. The summed E-state index contributed by atoms with van der Waals surface area (Å²) in [6, 6.07) is 18.6. The van der Waals surface area contributed by atoms with E-state index in [1.807, 2.05) is 35.2 Å². The number of nitrogens with zero attached hydrogens (tertiary/aromatic N) is 4. The summed E-state index contributed by atoms with van der Waals surface area (Å²) in [7, 11) is 2.20. The van der Waals surface area contributed by atoms with Gasteiger partial charge in [0.25, 0.3) is 5.91 Å². The van der Waals surface area contributed by atoms with Crippen molar-refractivity contribution >= 4 is 11.6 Å². The quantitative estimate of drug-likeness (QED) is 0.318. The highest BCUT2D eigenvalue weighted by atomic mass is 16.5. The zero-order valence-electron chi connectivity index (χ0n) is 23.3. The highest BCUT2D eigenvalue weighted by Gasteiger charge is 2.36. The molecule has 3 aliphatic heterocycles. The SMILES string of the molecule is Cc1nc(-c2ccc(-c3ccc(C(=O)N4CCc5cc6c(cc54)[C@@H](C4CCN(C)CC4)CO6)cc3)c(C)c2)no1. The van der Waals surface area contributed by atoms with E-state index in [9.17, 15) is 4.79 Å². The summed E-state index contributed by atoms with van der Waals surface area (Å²) >= 11 is 0. The van der Waals surface area contributed by atoms with Gasteiger partial charge in [-0.25, -0.2) is 0 Å². The van der Waals surface area contributed by atoms with Crippen molar-refractivity contribution in [2.75, 3.05) is 38.2 Å². The number of benzene rings is 3. The number of anilines is 1. The summed E-state index contributed by atoms with van der Waals surface area (Å²) in [4.78, 5) is 22.4. The lowest BCUT2D eigenvalue weighted by atomic mass is 9.81. The molecule has 0 radical (unpaired) electrons. The summed E-state index contributed by atoms with van der Waals surface area (Å²) in [5.74, 6) is 3.28. The molecule has 1 amide bonds. The van der Waals surface area contributed by atoms with Crippen molar-refractivity contribution in [1.29, 1.82) is 0 Å². The van der Waals surface area contributed by atoms with Crippen LogP contribution in [0.5, 0.6) is 5.75 Å². The number of carbonyl (C=O) groups is 1. The number of hydrogen-bond acceptors (Lipinski definition) is 6. The van der Waals surface area contributed by atoms with Crippen molar-refractivity contribution < 1.29 is 14.1 Å². The number of rotatable bonds is 4. The highest BCUT2D eigenvalue weighted by molar-refractivity contribution is 6.07. The molecule has 0 spiro atoms. The van der Waals surface area contributed by atoms with E-state index in [0.717, 1.165) is 59.8 Å². The number of carbonyl (C=O) groups excluding carboxylic acids is 1. The molecule has 1 saturated heterocycles. The van der Waals surface area contributed by atoms with E-state index in [4.69, 9.17) is 9.26 Å². The molecule has 1 atom stereocenters. The number of amides is 1. The average molecular weight is 535 g/mol. The lowest BCUT2D eigenvalue weighted by Crippen LogP contribution is -2.33. The van der Waals surface area contributed by atoms with Gasteiger partial charge >= 0.3 is 0 Å². The lowest BCUT2D eigenvalue weighted by Gasteiger charge is -2.32. The Bertz CT molecular complexity index is 1580. The number of likely N-dealkylation sites (tertiary alicyclic amines) is 1. The Hall–Kier alpha value is -3.97. The molecule has 7 nitrogen and oxygen atoms in total. The summed E-state index contributed by atoms with van der Waals surface area (Å²) in [6.07, 6.45) is 3.27. The molecule has 7 rings (SSSR count). The first-order valence-electron chi connectivity index (χ1n) is 14.3. The van der Waals surface area contributed by atoms with Gasteiger partial charge in [0, 0.05) is 41.8 Å². The van der Waals surface area contributed by atoms with Crippen LogP contribution in [0.3, 0.4) is 0 Å². The van der Waals surface area contributed by atoms with Crippen molar-refractivity contribution in [3.05, 3.63) is 82.7 Å². The van der Waals surface area contributed by atoms with Gasteiger partial charge in [-0.15, -0.1) is 0 Å². The van der Waals surface area contributed by atoms with E-state index in [-0.39, 0.29) is 5.91 Å². The zero-order chi connectivity index (χ0) is 27.4. The number of hydrogen-bond donors (Lipinski definition) is 0. The van der Waals surface area contributed by atoms with Crippen LogP contribution in [0, 0.1) is 19.8 Å². The third kappa shape index (κ3) is 4.38. The zero-order valence-corrected chi connectivity index (χ0v) is 23.3. The molecule has 4 heterocycles. The van der Waals surface area contributed by atoms with Crippen LogP contribution in [0.25, 0.3) is 22.5 Å². The van der Waals surface area contributed by atoms with Crippen molar-refractivity contribution in [3.63, 3.8) is 0 Å². The third-order valence-corrected chi connectivity index (χ3v) is 8.96. The highest BCUT2D eigenvalue weighted by Crippen LogP contribution is 2.46. The van der Waals surface area contributed by atoms with Crippen molar-refractivity contribution in [2.24, 2.45) is 5.92 Å². The van der Waals surface area contributed by atoms with Gasteiger partial charge in [0.1, 0.15) is 5.75 Å². The Morgan fingerprint density at radius 3 is 2.45 bits per heavy atom. The first-order valence-corrected chi connectivity index (χ1v) is 14.3. The molecule has 40 heavy (non-hydrogen) atoms. The molecular formula is C33H34N4O3. The molecule has 204 valence electrons. The van der Waals surface area contributed by atoms with Crippen LogP contribution in [-0.2, 0) is 6.42 Å². The first kappa shape index (κ1) is 25.0. The Kier molecular flexibility index (Phi) is 6.19. The maximum absolute atomic E-state index is 13.7. The van der Waals surface area contributed by atoms with Gasteiger partial charge in [0.15, 0.2) is 0 Å². The summed E-state index contributed by atoms with van der Waals surface area (Å²) in [5.41, 5.74) is 8.48. The molecule has 0 bridgehead atoms. The minimum Gasteiger partial charge on any atom is -0.493 e. The molecule has 3 aromatic carbocycles. The molecule has 1 fully saturated rings.